The molecule has 9 fully saturated rings. The number of hydrogen-bond donors (Lipinski definition) is 6. The van der Waals surface area contributed by atoms with E-state index in [4.69, 9.17) is 42.6 Å². The standard InChI is InChI=1S/3C32H36F2N8O5/c3*1-20(43)31(44)42-8-7-27(32(33,34)18-42)47-26-5-3-21(13-22(26)15-35)24-14-29(37-19-36-24)38-28-6-4-25(30(39-28)45-2)41-11-9-40(10-12-41)23-16-46-17-23/h3*3-6,13-14,19-20,23,27,43H,7-12,16-18H2,1-2H3,(H,36,37,38,39)/t20-,27?;20-,27+;20-,27-/m111/s1. The summed E-state index contributed by atoms with van der Waals surface area (Å²) in [5, 5.41) is 67.5. The number of alkyl halides is 6. The van der Waals surface area contributed by atoms with Crippen molar-refractivity contribution in [1.29, 1.82) is 15.8 Å². The fraction of sp³-hybridized carbons (Fsp3) is 0.469. The van der Waals surface area contributed by atoms with Gasteiger partial charge in [0.25, 0.3) is 17.7 Å². The van der Waals surface area contributed by atoms with Gasteiger partial charge in [0.05, 0.1) is 133 Å². The topological polar surface area (TPSA) is 448 Å². The predicted molar refractivity (Wildman–Crippen MR) is 501 cm³/mol. The van der Waals surface area contributed by atoms with E-state index in [9.17, 15) is 71.8 Å². The second kappa shape index (κ2) is 44.3. The molecule has 9 aliphatic heterocycles. The predicted octanol–water partition coefficient (Wildman–Crippen LogP) is 8.04. The molecule has 3 amide bonds. The molecule has 0 aliphatic carbocycles. The SMILES string of the molecule is COc1nc(Nc2cc(-c3ccc(OC4CCN(C(=O)[C@@H](C)O)CC4(F)F)c(C#N)c3)ncn2)ccc1N1CCN(C2COC2)CC1.COc1nc(Nc2cc(-c3ccc(O[C@@H]4CCN(C(=O)[C@@H](C)O)CC4(F)F)c(C#N)c3)ncn2)ccc1N1CCN(C2COC2)CC1.COc1nc(Nc2cc(-c3ccc(O[C@H]4CCN(C(=O)[C@@H](C)O)CC4(F)F)c(C#N)c3)ncn2)ccc1N1CCN(C2COC2)CC1. The third-order valence-electron chi connectivity index (χ3n) is 25.8. The Morgan fingerprint density at radius 1 is 0.376 bits per heavy atom. The van der Waals surface area contributed by atoms with Crippen molar-refractivity contribution in [1.82, 2.24) is 74.3 Å². The van der Waals surface area contributed by atoms with Crippen molar-refractivity contribution in [2.45, 2.75) is 113 Å². The molecule has 0 spiro atoms. The van der Waals surface area contributed by atoms with E-state index in [-0.39, 0.29) is 72.8 Å². The molecule has 39 nitrogen and oxygen atoms in total. The van der Waals surface area contributed by atoms with Crippen LogP contribution >= 0.6 is 0 Å². The van der Waals surface area contributed by atoms with Gasteiger partial charge in [-0.05, 0) is 112 Å². The number of aromatic nitrogens is 9. The Bertz CT molecular complexity index is 5500. The lowest BCUT2D eigenvalue weighted by Crippen LogP contribution is -2.56. The number of carbonyl (C=O) groups is 3. The minimum absolute atomic E-state index is 0.00140. The number of aliphatic hydroxyl groups excluding tert-OH is 3. The zero-order chi connectivity index (χ0) is 99.4. The first-order valence-electron chi connectivity index (χ1n) is 46.2. The molecular weight excluding hydrogens is 1840 g/mol. The number of nitriles is 3. The van der Waals surface area contributed by atoms with Crippen molar-refractivity contribution in [2.24, 2.45) is 0 Å². The van der Waals surface area contributed by atoms with Crippen LogP contribution in [0.25, 0.3) is 33.8 Å². The van der Waals surface area contributed by atoms with E-state index >= 15 is 0 Å². The van der Waals surface area contributed by atoms with Gasteiger partial charge in [0.1, 0.15) is 125 Å². The first-order chi connectivity index (χ1) is 67.9. The maximum Gasteiger partial charge on any atom is 0.301 e. The molecule has 9 aromatic rings. The van der Waals surface area contributed by atoms with Gasteiger partial charge < -0.3 is 103 Å². The van der Waals surface area contributed by atoms with Crippen LogP contribution in [0.3, 0.4) is 0 Å². The van der Waals surface area contributed by atoms with E-state index < -0.39 is 91.7 Å². The highest BCUT2D eigenvalue weighted by Crippen LogP contribution is 2.42. The quantitative estimate of drug-likeness (QED) is 0.0265. The molecule has 9 aliphatic rings. The number of ether oxygens (including phenoxy) is 9. The monoisotopic (exact) mass is 1950 g/mol. The molecule has 1 unspecified atom stereocenters. The van der Waals surface area contributed by atoms with E-state index in [2.05, 4.69) is 90.2 Å². The Labute approximate surface area is 808 Å². The van der Waals surface area contributed by atoms with E-state index in [1.54, 1.807) is 57.7 Å². The number of methoxy groups -OCH3 is 3. The second-order valence-electron chi connectivity index (χ2n) is 35.3. The van der Waals surface area contributed by atoms with Gasteiger partial charge in [-0.2, -0.15) is 30.7 Å². The Balaban J connectivity index is 0.000000152. The molecule has 45 heteroatoms. The fourth-order valence-corrected chi connectivity index (χ4v) is 17.8. The number of amides is 3. The Kier molecular flexibility index (Phi) is 31.4. The highest BCUT2D eigenvalue weighted by molar-refractivity contribution is 5.82. The Morgan fingerprint density at radius 2 is 0.638 bits per heavy atom. The second-order valence-corrected chi connectivity index (χ2v) is 35.3. The number of nitrogens with zero attached hydrogens (tertiary/aromatic N) is 21. The van der Waals surface area contributed by atoms with E-state index in [0.717, 1.165) is 150 Å². The number of anilines is 9. The summed E-state index contributed by atoms with van der Waals surface area (Å²) in [5.41, 5.74) is 6.01. The van der Waals surface area contributed by atoms with E-state index in [1.165, 1.54) is 76.2 Å². The molecule has 744 valence electrons. The number of nitrogens with one attached hydrogen (secondary N) is 3. The summed E-state index contributed by atoms with van der Waals surface area (Å²) in [5.74, 6) is -8.06. The largest absolute Gasteiger partial charge is 0.483 e. The number of rotatable bonds is 27. The summed E-state index contributed by atoms with van der Waals surface area (Å²) in [4.78, 5) is 92.8. The molecule has 6 atom stereocenters. The Hall–Kier alpha value is -14.0. The van der Waals surface area contributed by atoms with Gasteiger partial charge in [-0.3, -0.25) is 29.1 Å². The summed E-state index contributed by atoms with van der Waals surface area (Å²) >= 11 is 0. The average molecular weight is 1950 g/mol. The number of likely N-dealkylation sites (tertiary alicyclic amines) is 3. The lowest BCUT2D eigenvalue weighted by atomic mass is 10.0. The molecular formula is C96H108F6N24O15. The normalized spacial score (nSPS) is 20.6. The third-order valence-corrected chi connectivity index (χ3v) is 25.8. The molecule has 18 rings (SSSR count). The van der Waals surface area contributed by atoms with Gasteiger partial charge >= 0.3 is 17.8 Å². The van der Waals surface area contributed by atoms with E-state index in [1.807, 2.05) is 54.6 Å². The summed E-state index contributed by atoms with van der Waals surface area (Å²) in [6.45, 7) is 16.7. The highest BCUT2D eigenvalue weighted by Gasteiger charge is 2.52. The number of piperidine rings is 3. The summed E-state index contributed by atoms with van der Waals surface area (Å²) < 4.78 is 139. The van der Waals surface area contributed by atoms with Crippen LogP contribution in [0, 0.1) is 34.0 Å². The van der Waals surface area contributed by atoms with Crippen LogP contribution in [0.5, 0.6) is 34.9 Å². The number of hydrogen-bond acceptors (Lipinski definition) is 36. The van der Waals surface area contributed by atoms with Gasteiger partial charge in [0.2, 0.25) is 17.6 Å². The third kappa shape index (κ3) is 23.7. The summed E-state index contributed by atoms with van der Waals surface area (Å²) in [6.07, 6.45) is -5.13. The van der Waals surface area contributed by atoms with Crippen molar-refractivity contribution in [3.05, 3.63) is 145 Å². The van der Waals surface area contributed by atoms with Crippen LogP contribution < -0.4 is 59.1 Å². The van der Waals surface area contributed by atoms with Crippen molar-refractivity contribution in [2.75, 3.05) is 209 Å². The number of pyridine rings is 3. The first kappa shape index (κ1) is 100. The van der Waals surface area contributed by atoms with Gasteiger partial charge in [-0.15, -0.1) is 0 Å². The Morgan fingerprint density at radius 3 is 0.858 bits per heavy atom. The molecule has 15 heterocycles. The van der Waals surface area contributed by atoms with E-state index in [0.29, 0.717) is 104 Å². The molecule has 9 saturated heterocycles. The lowest BCUT2D eigenvalue weighted by molar-refractivity contribution is -0.165. The minimum Gasteiger partial charge on any atom is -0.483 e. The van der Waals surface area contributed by atoms with Gasteiger partial charge in [0, 0.05) is 152 Å². The van der Waals surface area contributed by atoms with Crippen LogP contribution in [0.2, 0.25) is 0 Å². The fourth-order valence-electron chi connectivity index (χ4n) is 17.8. The molecule has 6 aromatic heterocycles. The van der Waals surface area contributed by atoms with Crippen LogP contribution in [0.1, 0.15) is 56.7 Å². The molecule has 3 aromatic carbocycles. The summed E-state index contributed by atoms with van der Waals surface area (Å²) in [7, 11) is 4.76. The highest BCUT2D eigenvalue weighted by atomic mass is 19.3. The molecule has 0 bridgehead atoms. The van der Waals surface area contributed by atoms with Crippen molar-refractivity contribution in [3.63, 3.8) is 0 Å². The molecule has 141 heavy (non-hydrogen) atoms. The van der Waals surface area contributed by atoms with Gasteiger partial charge in [0.15, 0.2) is 18.3 Å². The zero-order valence-electron chi connectivity index (χ0n) is 78.3. The van der Waals surface area contributed by atoms with Crippen LogP contribution in [-0.4, -0.2) is 359 Å². The number of halogens is 6. The zero-order valence-corrected chi connectivity index (χ0v) is 78.3. The number of aliphatic hydroxyl groups is 3. The first-order valence-corrected chi connectivity index (χ1v) is 46.2. The van der Waals surface area contributed by atoms with Crippen LogP contribution in [0.15, 0.2) is 128 Å². The minimum atomic E-state index is -3.38. The molecule has 6 N–H and O–H groups in total. The van der Waals surface area contributed by atoms with Gasteiger partial charge in [-0.1, -0.05) is 0 Å². The van der Waals surface area contributed by atoms with Crippen LogP contribution in [-0.2, 0) is 28.6 Å². The number of piperazine rings is 3. The van der Waals surface area contributed by atoms with Crippen molar-refractivity contribution in [3.8, 4) is 86.9 Å². The number of carbonyl (C=O) groups excluding carboxylic acids is 3. The maximum absolute atomic E-state index is 14.9. The van der Waals surface area contributed by atoms with Gasteiger partial charge in [-0.25, -0.2) is 56.2 Å². The summed E-state index contributed by atoms with van der Waals surface area (Å²) in [6, 6.07) is 37.9. The molecule has 0 saturated carbocycles. The average Bonchev–Trinajstić information content (AvgIpc) is 0.814. The van der Waals surface area contributed by atoms with Crippen LogP contribution in [0.4, 0.5) is 78.3 Å². The molecule has 0 radical (unpaired) electrons. The van der Waals surface area contributed by atoms with Crippen molar-refractivity contribution < 1.29 is 98.7 Å². The van der Waals surface area contributed by atoms with Crippen molar-refractivity contribution >= 4 is 69.7 Å². The maximum atomic E-state index is 14.9. The lowest BCUT2D eigenvalue weighted by Gasteiger charge is -2.43. The number of benzene rings is 3. The smallest absolute Gasteiger partial charge is 0.301 e.